The van der Waals surface area contributed by atoms with E-state index in [0.29, 0.717) is 35.8 Å². The van der Waals surface area contributed by atoms with Crippen LogP contribution < -0.4 is 15.2 Å². The van der Waals surface area contributed by atoms with E-state index in [0.717, 1.165) is 49.2 Å². The second-order valence-electron chi connectivity index (χ2n) is 10.3. The Morgan fingerprint density at radius 1 is 0.900 bits per heavy atom. The fourth-order valence-electron chi connectivity index (χ4n) is 5.50. The molecule has 40 heavy (non-hydrogen) atoms. The van der Waals surface area contributed by atoms with Gasteiger partial charge < -0.3 is 30.1 Å². The third-order valence-corrected chi connectivity index (χ3v) is 7.80. The summed E-state index contributed by atoms with van der Waals surface area (Å²) in [7, 11) is 1.63. The maximum atomic E-state index is 12.3. The quantitative estimate of drug-likeness (QED) is 0.262. The van der Waals surface area contributed by atoms with Crippen LogP contribution in [0.15, 0.2) is 66.7 Å². The zero-order valence-electron chi connectivity index (χ0n) is 22.6. The van der Waals surface area contributed by atoms with E-state index in [2.05, 4.69) is 4.90 Å². The largest absolute Gasteiger partial charge is 0.497 e. The molecule has 2 aliphatic rings. The van der Waals surface area contributed by atoms with Crippen molar-refractivity contribution in [3.05, 3.63) is 94.5 Å². The molecule has 3 aromatic rings. The number of benzene rings is 3. The van der Waals surface area contributed by atoms with Gasteiger partial charge in [-0.3, -0.25) is 15.6 Å². The number of guanidine groups is 1. The van der Waals surface area contributed by atoms with Crippen molar-refractivity contribution in [2.45, 2.75) is 37.8 Å². The predicted molar refractivity (Wildman–Crippen MR) is 153 cm³/mol. The smallest absolute Gasteiger partial charge is 0.315 e. The summed E-state index contributed by atoms with van der Waals surface area (Å²) >= 11 is 0. The Kier molecular flexibility index (Phi) is 7.91. The topological polar surface area (TPSA) is 136 Å². The molecule has 1 atom stereocenters. The molecule has 0 aliphatic carbocycles. The van der Waals surface area contributed by atoms with Crippen LogP contribution in [-0.2, 0) is 17.8 Å². The second-order valence-corrected chi connectivity index (χ2v) is 10.3. The minimum absolute atomic E-state index is 0.0302. The van der Waals surface area contributed by atoms with Gasteiger partial charge in [0, 0.05) is 44.6 Å². The summed E-state index contributed by atoms with van der Waals surface area (Å²) in [6.07, 6.45) is 2.40. The van der Waals surface area contributed by atoms with Gasteiger partial charge in [0.1, 0.15) is 29.4 Å². The molecule has 0 amide bonds. The molecule has 0 bridgehead atoms. The van der Waals surface area contributed by atoms with Crippen LogP contribution in [-0.4, -0.2) is 65.5 Å². The lowest BCUT2D eigenvalue weighted by atomic mass is 9.87. The Balaban J connectivity index is 1.21. The monoisotopic (exact) mass is 541 g/mol. The van der Waals surface area contributed by atoms with Crippen molar-refractivity contribution >= 4 is 17.8 Å². The molecular weight excluding hydrogens is 506 g/mol. The van der Waals surface area contributed by atoms with Crippen molar-refractivity contribution in [3.63, 3.8) is 0 Å². The summed E-state index contributed by atoms with van der Waals surface area (Å²) in [4.78, 5) is 16.2. The molecule has 208 valence electrons. The summed E-state index contributed by atoms with van der Waals surface area (Å²) in [5.74, 6) is 0.287. The number of methoxy groups -OCH3 is 1. The molecule has 1 saturated heterocycles. The normalized spacial score (nSPS) is 16.1. The first kappa shape index (κ1) is 27.1. The number of rotatable bonds is 7. The number of likely N-dealkylation sites (tertiary alicyclic amines) is 1. The molecule has 5 N–H and O–H groups in total. The van der Waals surface area contributed by atoms with Gasteiger partial charge in [0.05, 0.1) is 7.11 Å². The number of piperidine rings is 1. The van der Waals surface area contributed by atoms with Crippen LogP contribution in [0.2, 0.25) is 0 Å². The molecule has 3 aromatic carbocycles. The molecule has 0 saturated carbocycles. The van der Waals surface area contributed by atoms with Crippen molar-refractivity contribution in [2.24, 2.45) is 5.73 Å². The van der Waals surface area contributed by atoms with Crippen molar-refractivity contribution in [1.82, 2.24) is 9.80 Å². The van der Waals surface area contributed by atoms with E-state index in [1.807, 2.05) is 66.7 Å². The van der Waals surface area contributed by atoms with E-state index in [1.165, 1.54) is 5.56 Å². The maximum Gasteiger partial charge on any atom is 0.315 e. The molecule has 2 heterocycles. The van der Waals surface area contributed by atoms with Gasteiger partial charge >= 0.3 is 5.97 Å². The number of hydrogen-bond acceptors (Lipinski definition) is 5. The van der Waals surface area contributed by atoms with Gasteiger partial charge in [0.25, 0.3) is 0 Å². The first-order valence-electron chi connectivity index (χ1n) is 13.5. The number of nitrogens with zero attached hydrogens (tertiary/aromatic N) is 2. The van der Waals surface area contributed by atoms with E-state index < -0.39 is 11.9 Å². The van der Waals surface area contributed by atoms with Gasteiger partial charge in [-0.2, -0.15) is 0 Å². The average Bonchev–Trinajstić information content (AvgIpc) is 2.97. The van der Waals surface area contributed by atoms with Crippen LogP contribution in [0.25, 0.3) is 0 Å². The van der Waals surface area contributed by atoms with Crippen molar-refractivity contribution in [1.29, 1.82) is 10.8 Å². The van der Waals surface area contributed by atoms with E-state index >= 15 is 0 Å². The number of carboxylic acid groups (broad SMARTS) is 1. The first-order valence-corrected chi connectivity index (χ1v) is 13.5. The summed E-state index contributed by atoms with van der Waals surface area (Å²) in [6.45, 7) is 2.66. The van der Waals surface area contributed by atoms with E-state index in [9.17, 15) is 9.90 Å². The number of hydrogen-bond donors (Lipinski definition) is 4. The van der Waals surface area contributed by atoms with Crippen molar-refractivity contribution in [2.75, 3.05) is 26.7 Å². The molecule has 5 rings (SSSR count). The number of nitrogens with two attached hydrogens (primary N) is 1. The Hall–Kier alpha value is -4.53. The average molecular weight is 542 g/mol. The highest BCUT2D eigenvalue weighted by Crippen LogP contribution is 2.31. The number of aliphatic carboxylic acids is 1. The summed E-state index contributed by atoms with van der Waals surface area (Å²) in [6, 6.07) is 20.7. The second kappa shape index (κ2) is 11.7. The van der Waals surface area contributed by atoms with Gasteiger partial charge in [-0.05, 0) is 65.1 Å². The first-order chi connectivity index (χ1) is 19.3. The van der Waals surface area contributed by atoms with E-state index in [4.69, 9.17) is 26.0 Å². The van der Waals surface area contributed by atoms with Crippen molar-refractivity contribution < 1.29 is 19.4 Å². The number of ether oxygens (including phenoxy) is 2. The van der Waals surface area contributed by atoms with Gasteiger partial charge in [-0.25, -0.2) is 0 Å². The van der Waals surface area contributed by atoms with Gasteiger partial charge in [0.2, 0.25) is 0 Å². The summed E-state index contributed by atoms with van der Waals surface area (Å²) in [5, 5.41) is 26.4. The van der Waals surface area contributed by atoms with Gasteiger partial charge in [-0.15, -0.1) is 0 Å². The minimum Gasteiger partial charge on any atom is -0.497 e. The predicted octanol–water partition coefficient (Wildman–Crippen LogP) is 4.03. The fraction of sp³-hybridized carbons (Fsp3) is 0.323. The standard InChI is InChI=1S/C31H35N5O4/c1-39-25-8-6-22(7-9-25)29(32)35-16-13-27(14-17-35)40-26-10-4-21(5-11-26)28(30(37)38)23-3-2-20-12-15-36(31(33)34)19-24(20)18-23/h2-11,18,27-28,32H,12-17,19H2,1H3,(H3,33,34)(H,37,38). The van der Waals surface area contributed by atoms with Crippen LogP contribution in [0.4, 0.5) is 0 Å². The number of amidine groups is 1. The van der Waals surface area contributed by atoms with Crippen LogP contribution >= 0.6 is 0 Å². The van der Waals surface area contributed by atoms with E-state index in [-0.39, 0.29) is 12.1 Å². The minimum atomic E-state index is -0.917. The Morgan fingerprint density at radius 3 is 2.17 bits per heavy atom. The number of fused-ring (bicyclic) bond motifs is 1. The molecule has 2 aliphatic heterocycles. The third-order valence-electron chi connectivity index (χ3n) is 7.80. The zero-order chi connectivity index (χ0) is 28.2. The van der Waals surface area contributed by atoms with E-state index in [1.54, 1.807) is 12.0 Å². The Labute approximate surface area is 234 Å². The molecule has 0 aromatic heterocycles. The lowest BCUT2D eigenvalue weighted by Gasteiger charge is -2.34. The SMILES string of the molecule is COc1ccc(C(=N)N2CCC(Oc3ccc(C(C(=O)O)c4ccc5c(c4)CN(C(=N)N)CC5)cc3)CC2)cc1. The highest BCUT2D eigenvalue weighted by molar-refractivity contribution is 5.96. The third kappa shape index (κ3) is 5.88. The molecular formula is C31H35N5O4. The molecule has 1 fully saturated rings. The number of carboxylic acids is 1. The van der Waals surface area contributed by atoms with Gasteiger partial charge in [-0.1, -0.05) is 30.3 Å². The molecule has 0 radical (unpaired) electrons. The highest BCUT2D eigenvalue weighted by Gasteiger charge is 2.26. The van der Waals surface area contributed by atoms with Crippen molar-refractivity contribution in [3.8, 4) is 11.5 Å². The van der Waals surface area contributed by atoms with Crippen LogP contribution in [0.3, 0.4) is 0 Å². The zero-order valence-corrected chi connectivity index (χ0v) is 22.6. The molecule has 0 spiro atoms. The lowest BCUT2D eigenvalue weighted by Crippen LogP contribution is -2.41. The van der Waals surface area contributed by atoms with Gasteiger partial charge in [0.15, 0.2) is 5.96 Å². The number of carbonyl (C=O) groups is 1. The van der Waals surface area contributed by atoms with Crippen LogP contribution in [0.5, 0.6) is 11.5 Å². The maximum absolute atomic E-state index is 12.3. The Bertz CT molecular complexity index is 1380. The van der Waals surface area contributed by atoms with Crippen LogP contribution in [0.1, 0.15) is 46.6 Å². The molecule has 9 nitrogen and oxygen atoms in total. The summed E-state index contributed by atoms with van der Waals surface area (Å²) < 4.78 is 11.4. The summed E-state index contributed by atoms with van der Waals surface area (Å²) in [5.41, 5.74) is 10.1. The van der Waals surface area contributed by atoms with Crippen LogP contribution in [0, 0.1) is 10.8 Å². The lowest BCUT2D eigenvalue weighted by molar-refractivity contribution is -0.137. The molecule has 9 heteroatoms. The fourth-order valence-corrected chi connectivity index (χ4v) is 5.50. The molecule has 1 unspecified atom stereocenters. The number of nitrogens with one attached hydrogen (secondary N) is 2. The highest BCUT2D eigenvalue weighted by atomic mass is 16.5. The Morgan fingerprint density at radius 2 is 1.55 bits per heavy atom.